The molecule has 0 saturated carbocycles. The highest BCUT2D eigenvalue weighted by Crippen LogP contribution is 2.37. The Balaban J connectivity index is 1.78. The molecular formula is C17H21NO2S3. The van der Waals surface area contributed by atoms with E-state index in [0.717, 1.165) is 17.1 Å². The summed E-state index contributed by atoms with van der Waals surface area (Å²) in [4.78, 5) is 1.03. The van der Waals surface area contributed by atoms with E-state index in [9.17, 15) is 8.42 Å². The summed E-state index contributed by atoms with van der Waals surface area (Å²) in [6.07, 6.45) is 0.860. The first kappa shape index (κ1) is 17.0. The van der Waals surface area contributed by atoms with E-state index in [-0.39, 0.29) is 0 Å². The van der Waals surface area contributed by atoms with Crippen molar-refractivity contribution < 1.29 is 8.42 Å². The van der Waals surface area contributed by atoms with Crippen molar-refractivity contribution in [3.05, 3.63) is 52.4 Å². The number of hydrogen-bond donors (Lipinski definition) is 0. The van der Waals surface area contributed by atoms with E-state index in [4.69, 9.17) is 0 Å². The molecule has 0 aliphatic carbocycles. The van der Waals surface area contributed by atoms with Crippen LogP contribution in [0.4, 0.5) is 0 Å². The molecule has 0 bridgehead atoms. The number of hydrogen-bond acceptors (Lipinski definition) is 4. The van der Waals surface area contributed by atoms with Crippen molar-refractivity contribution in [1.29, 1.82) is 0 Å². The predicted molar refractivity (Wildman–Crippen MR) is 98.8 cm³/mol. The zero-order chi connectivity index (χ0) is 16.4. The molecule has 1 unspecified atom stereocenters. The molecule has 23 heavy (non-hydrogen) atoms. The second-order valence-electron chi connectivity index (χ2n) is 5.77. The van der Waals surface area contributed by atoms with Crippen LogP contribution in [0.25, 0.3) is 0 Å². The first-order valence-electron chi connectivity index (χ1n) is 7.72. The number of sulfonamides is 1. The molecule has 124 valence electrons. The molecule has 3 nitrogen and oxygen atoms in total. The Morgan fingerprint density at radius 1 is 1.09 bits per heavy atom. The molecule has 1 atom stereocenters. The maximum Gasteiger partial charge on any atom is 0.252 e. The minimum absolute atomic E-state index is 0.376. The average Bonchev–Trinajstić information content (AvgIpc) is 2.82. The van der Waals surface area contributed by atoms with Crippen LogP contribution in [0.3, 0.4) is 0 Å². The van der Waals surface area contributed by atoms with Gasteiger partial charge in [0.05, 0.1) is 0 Å². The molecule has 1 saturated heterocycles. The summed E-state index contributed by atoms with van der Waals surface area (Å²) in [5.41, 5.74) is 2.62. The van der Waals surface area contributed by atoms with Crippen molar-refractivity contribution in [3.8, 4) is 0 Å². The lowest BCUT2D eigenvalue weighted by atomic mass is 10.0. The fourth-order valence-corrected chi connectivity index (χ4v) is 7.20. The van der Waals surface area contributed by atoms with Crippen LogP contribution in [0, 0.1) is 13.8 Å². The van der Waals surface area contributed by atoms with Gasteiger partial charge in [-0.3, -0.25) is 0 Å². The SMILES string of the molecule is Cc1ccc(S(=O)(=O)N2CCSC(c3ccccc3C)CC2)s1. The highest BCUT2D eigenvalue weighted by molar-refractivity contribution is 7.99. The van der Waals surface area contributed by atoms with E-state index < -0.39 is 10.0 Å². The van der Waals surface area contributed by atoms with Gasteiger partial charge in [-0.1, -0.05) is 24.3 Å². The molecule has 1 aliphatic heterocycles. The summed E-state index contributed by atoms with van der Waals surface area (Å²) in [5, 5.41) is 0.376. The molecule has 1 fully saturated rings. The van der Waals surface area contributed by atoms with Crippen LogP contribution in [0.5, 0.6) is 0 Å². The van der Waals surface area contributed by atoms with E-state index in [1.165, 1.54) is 22.5 Å². The van der Waals surface area contributed by atoms with Crippen LogP contribution < -0.4 is 0 Å². The minimum atomic E-state index is -3.34. The first-order chi connectivity index (χ1) is 11.0. The van der Waals surface area contributed by atoms with E-state index in [1.807, 2.05) is 24.8 Å². The molecule has 2 heterocycles. The standard InChI is InChI=1S/C17H21NO2S3/c1-13-5-3-4-6-15(13)16-9-10-18(11-12-21-16)23(19,20)17-8-7-14(2)22-17/h3-8,16H,9-12H2,1-2H3. The lowest BCUT2D eigenvalue weighted by molar-refractivity contribution is 0.429. The van der Waals surface area contributed by atoms with Crippen molar-refractivity contribution in [3.63, 3.8) is 0 Å². The fourth-order valence-electron chi connectivity index (χ4n) is 2.86. The van der Waals surface area contributed by atoms with Crippen LogP contribution in [-0.4, -0.2) is 31.6 Å². The zero-order valence-electron chi connectivity index (χ0n) is 13.4. The zero-order valence-corrected chi connectivity index (χ0v) is 15.8. The normalized spacial score (nSPS) is 20.3. The third-order valence-corrected chi connectivity index (χ3v) is 8.82. The van der Waals surface area contributed by atoms with Gasteiger partial charge in [0.15, 0.2) is 0 Å². The fraction of sp³-hybridized carbons (Fsp3) is 0.412. The van der Waals surface area contributed by atoms with Crippen molar-refractivity contribution in [2.45, 2.75) is 29.7 Å². The molecular weight excluding hydrogens is 346 g/mol. The van der Waals surface area contributed by atoms with Gasteiger partial charge in [0, 0.05) is 29.0 Å². The van der Waals surface area contributed by atoms with Gasteiger partial charge >= 0.3 is 0 Å². The second-order valence-corrected chi connectivity index (χ2v) is 10.5. The number of thioether (sulfide) groups is 1. The molecule has 0 N–H and O–H groups in total. The molecule has 0 amide bonds. The van der Waals surface area contributed by atoms with E-state index in [1.54, 1.807) is 10.4 Å². The molecule has 2 aromatic rings. The number of benzene rings is 1. The third kappa shape index (κ3) is 3.65. The predicted octanol–water partition coefficient (Wildman–Crippen LogP) is 4.23. The van der Waals surface area contributed by atoms with Gasteiger partial charge in [0.1, 0.15) is 4.21 Å². The summed E-state index contributed by atoms with van der Waals surface area (Å²) in [6, 6.07) is 12.0. The molecule has 0 radical (unpaired) electrons. The number of nitrogens with zero attached hydrogens (tertiary/aromatic N) is 1. The molecule has 6 heteroatoms. The Hall–Kier alpha value is -0.820. The summed E-state index contributed by atoms with van der Waals surface area (Å²) >= 11 is 3.23. The van der Waals surface area contributed by atoms with Crippen LogP contribution in [0.2, 0.25) is 0 Å². The summed E-state index contributed by atoms with van der Waals surface area (Å²) < 4.78 is 27.7. The lowest BCUT2D eigenvalue weighted by Crippen LogP contribution is -2.32. The van der Waals surface area contributed by atoms with Crippen LogP contribution in [0.1, 0.15) is 27.7 Å². The maximum atomic E-state index is 12.8. The van der Waals surface area contributed by atoms with Crippen molar-refractivity contribution >= 4 is 33.1 Å². The molecule has 1 aromatic heterocycles. The van der Waals surface area contributed by atoms with E-state index >= 15 is 0 Å². The van der Waals surface area contributed by atoms with Gasteiger partial charge in [0.2, 0.25) is 0 Å². The Morgan fingerprint density at radius 2 is 1.87 bits per heavy atom. The largest absolute Gasteiger partial charge is 0.252 e. The van der Waals surface area contributed by atoms with Crippen molar-refractivity contribution in [2.75, 3.05) is 18.8 Å². The number of aryl methyl sites for hydroxylation is 2. The molecule has 3 rings (SSSR count). The monoisotopic (exact) mass is 367 g/mol. The Morgan fingerprint density at radius 3 is 2.57 bits per heavy atom. The lowest BCUT2D eigenvalue weighted by Gasteiger charge is -2.19. The highest BCUT2D eigenvalue weighted by Gasteiger charge is 2.29. The van der Waals surface area contributed by atoms with Crippen molar-refractivity contribution in [1.82, 2.24) is 4.31 Å². The Labute approximate surface area is 146 Å². The summed E-state index contributed by atoms with van der Waals surface area (Å²) in [5.74, 6) is 0.836. The topological polar surface area (TPSA) is 37.4 Å². The summed E-state index contributed by atoms with van der Waals surface area (Å²) in [7, 11) is -3.34. The van der Waals surface area contributed by atoms with Crippen LogP contribution in [-0.2, 0) is 10.0 Å². The van der Waals surface area contributed by atoms with Gasteiger partial charge < -0.3 is 0 Å². The van der Waals surface area contributed by atoms with Crippen LogP contribution in [0.15, 0.2) is 40.6 Å². The van der Waals surface area contributed by atoms with Crippen molar-refractivity contribution in [2.24, 2.45) is 0 Å². The minimum Gasteiger partial charge on any atom is -0.206 e. The Kier molecular flexibility index (Phi) is 5.16. The first-order valence-corrected chi connectivity index (χ1v) is 11.0. The van der Waals surface area contributed by atoms with Gasteiger partial charge in [-0.05, 0) is 43.5 Å². The van der Waals surface area contributed by atoms with Gasteiger partial charge in [-0.2, -0.15) is 16.1 Å². The van der Waals surface area contributed by atoms with E-state index in [2.05, 4.69) is 31.2 Å². The summed E-state index contributed by atoms with van der Waals surface area (Å²) in [6.45, 7) is 5.25. The van der Waals surface area contributed by atoms with Gasteiger partial charge in [0.25, 0.3) is 10.0 Å². The van der Waals surface area contributed by atoms with Crippen LogP contribution >= 0.6 is 23.1 Å². The van der Waals surface area contributed by atoms with E-state index in [0.29, 0.717) is 22.5 Å². The maximum absolute atomic E-state index is 12.8. The number of thiophene rings is 1. The molecule has 1 aliphatic rings. The number of rotatable bonds is 3. The highest BCUT2D eigenvalue weighted by atomic mass is 32.2. The quantitative estimate of drug-likeness (QED) is 0.814. The Bertz CT molecular complexity index is 783. The third-order valence-electron chi connectivity index (χ3n) is 4.15. The van der Waals surface area contributed by atoms with Gasteiger partial charge in [-0.15, -0.1) is 11.3 Å². The average molecular weight is 368 g/mol. The second kappa shape index (κ2) is 6.97. The van der Waals surface area contributed by atoms with Gasteiger partial charge in [-0.25, -0.2) is 8.42 Å². The molecule has 1 aromatic carbocycles. The smallest absolute Gasteiger partial charge is 0.206 e. The molecule has 0 spiro atoms.